The predicted molar refractivity (Wildman–Crippen MR) is 91.7 cm³/mol. The average molecular weight is 355 g/mol. The van der Waals surface area contributed by atoms with Gasteiger partial charge in [0, 0.05) is 18.2 Å². The molecule has 2 rings (SSSR count). The Hall–Kier alpha value is -1.95. The topological polar surface area (TPSA) is 81.9 Å². The average Bonchev–Trinajstić information content (AvgIpc) is 3.07. The van der Waals surface area contributed by atoms with E-state index in [1.165, 1.54) is 7.11 Å². The van der Waals surface area contributed by atoms with Crippen LogP contribution < -0.4 is 15.2 Å². The second-order valence-corrected chi connectivity index (χ2v) is 6.18. The minimum atomic E-state index is -0.619. The molecule has 0 saturated heterocycles. The maximum absolute atomic E-state index is 12.9. The highest BCUT2D eigenvalue weighted by atomic mass is 35.5. The van der Waals surface area contributed by atoms with Crippen LogP contribution in [-0.2, 0) is 4.79 Å². The van der Waals surface area contributed by atoms with Gasteiger partial charge in [-0.1, -0.05) is 24.4 Å². The van der Waals surface area contributed by atoms with E-state index in [1.807, 2.05) is 11.8 Å². The number of ether oxygens (including phenoxy) is 2. The van der Waals surface area contributed by atoms with Gasteiger partial charge in [0.15, 0.2) is 18.1 Å². The quantitative estimate of drug-likeness (QED) is 0.816. The Labute approximate surface area is 146 Å². The van der Waals surface area contributed by atoms with Crippen molar-refractivity contribution >= 4 is 23.4 Å². The smallest absolute Gasteiger partial charge is 0.255 e. The second-order valence-electron chi connectivity index (χ2n) is 5.77. The maximum Gasteiger partial charge on any atom is 0.255 e. The van der Waals surface area contributed by atoms with Crippen molar-refractivity contribution in [3.8, 4) is 11.5 Å². The number of primary amides is 1. The first-order chi connectivity index (χ1) is 11.5. The van der Waals surface area contributed by atoms with Crippen LogP contribution in [0.4, 0.5) is 0 Å². The highest BCUT2D eigenvalue weighted by Crippen LogP contribution is 2.37. The van der Waals surface area contributed by atoms with Crippen molar-refractivity contribution in [2.24, 2.45) is 5.73 Å². The Morgan fingerprint density at radius 1 is 1.33 bits per heavy atom. The summed E-state index contributed by atoms with van der Waals surface area (Å²) in [5.41, 5.74) is 5.52. The highest BCUT2D eigenvalue weighted by Gasteiger charge is 2.27. The fourth-order valence-corrected chi connectivity index (χ4v) is 3.34. The summed E-state index contributed by atoms with van der Waals surface area (Å²) in [6.45, 7) is 2.30. The molecule has 0 radical (unpaired) electrons. The lowest BCUT2D eigenvalue weighted by Gasteiger charge is -2.28. The van der Waals surface area contributed by atoms with Gasteiger partial charge < -0.3 is 20.1 Å². The molecule has 1 saturated carbocycles. The van der Waals surface area contributed by atoms with E-state index in [0.29, 0.717) is 17.9 Å². The molecule has 6 nitrogen and oxygen atoms in total. The van der Waals surface area contributed by atoms with Crippen LogP contribution in [0.1, 0.15) is 43.0 Å². The van der Waals surface area contributed by atoms with Gasteiger partial charge in [0.2, 0.25) is 0 Å². The minimum absolute atomic E-state index is 0.0777. The Morgan fingerprint density at radius 2 is 2.00 bits per heavy atom. The van der Waals surface area contributed by atoms with Gasteiger partial charge in [0.25, 0.3) is 11.8 Å². The van der Waals surface area contributed by atoms with Gasteiger partial charge in [-0.2, -0.15) is 0 Å². The normalized spacial score (nSPS) is 14.5. The molecule has 0 aromatic heterocycles. The van der Waals surface area contributed by atoms with E-state index in [4.69, 9.17) is 26.8 Å². The molecule has 1 fully saturated rings. The summed E-state index contributed by atoms with van der Waals surface area (Å²) in [6.07, 6.45) is 4.37. The SMILES string of the molecule is CCN(C(=O)c1cc(Cl)c(OCC(N)=O)c(OC)c1)C1CCCC1. The number of nitrogens with two attached hydrogens (primary N) is 1. The lowest BCUT2D eigenvalue weighted by atomic mass is 10.1. The van der Waals surface area contributed by atoms with Crippen LogP contribution in [0.3, 0.4) is 0 Å². The van der Waals surface area contributed by atoms with Crippen molar-refractivity contribution in [1.82, 2.24) is 4.90 Å². The Balaban J connectivity index is 2.27. The molecule has 1 aromatic rings. The fraction of sp³-hybridized carbons (Fsp3) is 0.529. The molecule has 0 aliphatic heterocycles. The molecule has 0 bridgehead atoms. The first-order valence-electron chi connectivity index (χ1n) is 8.07. The summed E-state index contributed by atoms with van der Waals surface area (Å²) in [7, 11) is 1.45. The van der Waals surface area contributed by atoms with Gasteiger partial charge in [-0.3, -0.25) is 9.59 Å². The van der Waals surface area contributed by atoms with E-state index >= 15 is 0 Å². The summed E-state index contributed by atoms with van der Waals surface area (Å²) in [5.74, 6) is -0.189. The van der Waals surface area contributed by atoms with Crippen molar-refractivity contribution < 1.29 is 19.1 Å². The number of hydrogen-bond donors (Lipinski definition) is 1. The Bertz CT molecular complexity index is 615. The number of carbonyl (C=O) groups is 2. The van der Waals surface area contributed by atoms with Crippen LogP contribution in [0.25, 0.3) is 0 Å². The zero-order valence-electron chi connectivity index (χ0n) is 14.0. The standard InChI is InChI=1S/C17H23ClN2O4/c1-3-20(12-6-4-5-7-12)17(22)11-8-13(18)16(14(9-11)23-2)24-10-15(19)21/h8-9,12H,3-7,10H2,1-2H3,(H2,19,21). The number of benzene rings is 1. The third kappa shape index (κ3) is 4.12. The molecule has 2 N–H and O–H groups in total. The van der Waals surface area contributed by atoms with Crippen molar-refractivity contribution in [3.05, 3.63) is 22.7 Å². The molecule has 1 aliphatic carbocycles. The molecule has 2 amide bonds. The molecule has 1 aliphatic rings. The van der Waals surface area contributed by atoms with E-state index in [2.05, 4.69) is 0 Å². The lowest BCUT2D eigenvalue weighted by molar-refractivity contribution is -0.119. The lowest BCUT2D eigenvalue weighted by Crippen LogP contribution is -2.38. The molecule has 0 atom stereocenters. The van der Waals surface area contributed by atoms with Crippen molar-refractivity contribution in [1.29, 1.82) is 0 Å². The molecule has 7 heteroatoms. The van der Waals surface area contributed by atoms with Crippen LogP contribution in [0.2, 0.25) is 5.02 Å². The monoisotopic (exact) mass is 354 g/mol. The van der Waals surface area contributed by atoms with Gasteiger partial charge in [-0.05, 0) is 31.9 Å². The molecule has 24 heavy (non-hydrogen) atoms. The number of methoxy groups -OCH3 is 1. The molecule has 132 valence electrons. The van der Waals surface area contributed by atoms with E-state index in [1.54, 1.807) is 12.1 Å². The van der Waals surface area contributed by atoms with Crippen molar-refractivity contribution in [3.63, 3.8) is 0 Å². The summed E-state index contributed by atoms with van der Waals surface area (Å²) in [4.78, 5) is 25.6. The predicted octanol–water partition coefficient (Wildman–Crippen LogP) is 2.62. The number of hydrogen-bond acceptors (Lipinski definition) is 4. The van der Waals surface area contributed by atoms with E-state index < -0.39 is 5.91 Å². The van der Waals surface area contributed by atoms with Crippen LogP contribution in [-0.4, -0.2) is 43.0 Å². The van der Waals surface area contributed by atoms with Crippen molar-refractivity contribution in [2.45, 2.75) is 38.6 Å². The van der Waals surface area contributed by atoms with Crippen LogP contribution >= 0.6 is 11.6 Å². The first kappa shape index (κ1) is 18.4. The Kier molecular flexibility index (Phi) is 6.31. The third-order valence-electron chi connectivity index (χ3n) is 4.20. The number of halogens is 1. The van der Waals surface area contributed by atoms with Crippen LogP contribution in [0.5, 0.6) is 11.5 Å². The molecule has 0 spiro atoms. The third-order valence-corrected chi connectivity index (χ3v) is 4.48. The molecule has 0 heterocycles. The largest absolute Gasteiger partial charge is 0.493 e. The van der Waals surface area contributed by atoms with Gasteiger partial charge in [-0.15, -0.1) is 0 Å². The van der Waals surface area contributed by atoms with E-state index in [0.717, 1.165) is 25.7 Å². The van der Waals surface area contributed by atoms with Crippen molar-refractivity contribution in [2.75, 3.05) is 20.3 Å². The summed E-state index contributed by atoms with van der Waals surface area (Å²) >= 11 is 6.22. The van der Waals surface area contributed by atoms with Crippen LogP contribution in [0.15, 0.2) is 12.1 Å². The van der Waals surface area contributed by atoms with Gasteiger partial charge in [0.05, 0.1) is 12.1 Å². The molecule has 0 unspecified atom stereocenters. The fourth-order valence-electron chi connectivity index (χ4n) is 3.08. The number of amides is 2. The second kappa shape index (κ2) is 8.24. The molecular formula is C17H23ClN2O4. The zero-order chi connectivity index (χ0) is 17.7. The molecular weight excluding hydrogens is 332 g/mol. The van der Waals surface area contributed by atoms with Gasteiger partial charge in [0.1, 0.15) is 0 Å². The summed E-state index contributed by atoms with van der Waals surface area (Å²) < 4.78 is 10.5. The summed E-state index contributed by atoms with van der Waals surface area (Å²) in [5, 5.41) is 0.210. The number of rotatable bonds is 7. The van der Waals surface area contributed by atoms with E-state index in [9.17, 15) is 9.59 Å². The first-order valence-corrected chi connectivity index (χ1v) is 8.45. The van der Waals surface area contributed by atoms with Gasteiger partial charge in [-0.25, -0.2) is 0 Å². The van der Waals surface area contributed by atoms with Gasteiger partial charge >= 0.3 is 0 Å². The zero-order valence-corrected chi connectivity index (χ0v) is 14.8. The molecule has 1 aromatic carbocycles. The Morgan fingerprint density at radius 3 is 2.54 bits per heavy atom. The van der Waals surface area contributed by atoms with E-state index in [-0.39, 0.29) is 29.3 Å². The minimum Gasteiger partial charge on any atom is -0.493 e. The highest BCUT2D eigenvalue weighted by molar-refractivity contribution is 6.32. The number of nitrogens with zero attached hydrogens (tertiary/aromatic N) is 1. The maximum atomic E-state index is 12.9. The summed E-state index contributed by atoms with van der Waals surface area (Å²) in [6, 6.07) is 3.40. The number of carbonyl (C=O) groups excluding carboxylic acids is 2. The van der Waals surface area contributed by atoms with Crippen LogP contribution in [0, 0.1) is 0 Å².